The minimum absolute atomic E-state index is 0.101. The van der Waals surface area contributed by atoms with Crippen LogP contribution in [0.4, 0.5) is 0 Å². The summed E-state index contributed by atoms with van der Waals surface area (Å²) >= 11 is 6.08. The van der Waals surface area contributed by atoms with Crippen molar-refractivity contribution >= 4 is 34.2 Å². The van der Waals surface area contributed by atoms with Gasteiger partial charge in [0.05, 0.1) is 10.8 Å². The number of nitrogens with zero attached hydrogens (tertiary/aromatic N) is 2. The molecule has 32 heavy (non-hydrogen) atoms. The van der Waals surface area contributed by atoms with Crippen LogP contribution in [-0.2, 0) is 16.8 Å². The number of unbranched alkanes of at least 4 members (excludes halogenated alkanes) is 2. The van der Waals surface area contributed by atoms with Crippen molar-refractivity contribution in [2.45, 2.75) is 51.0 Å². The first-order chi connectivity index (χ1) is 15.5. The molecule has 1 aliphatic rings. The SMILES string of the molecule is CCCCCn1nc(C(=O)NNC(=O)C2(c3cccc(Cl)c3)CC2)c2ccccc2c1=O. The van der Waals surface area contributed by atoms with Crippen molar-refractivity contribution in [1.29, 1.82) is 0 Å². The maximum Gasteiger partial charge on any atom is 0.290 e. The van der Waals surface area contributed by atoms with E-state index in [1.807, 2.05) is 6.07 Å². The average Bonchev–Trinajstić information content (AvgIpc) is 3.61. The minimum Gasteiger partial charge on any atom is -0.272 e. The molecule has 166 valence electrons. The van der Waals surface area contributed by atoms with E-state index in [0.717, 1.165) is 24.8 Å². The molecule has 2 N–H and O–H groups in total. The molecule has 1 heterocycles. The van der Waals surface area contributed by atoms with Crippen LogP contribution in [-0.4, -0.2) is 21.6 Å². The second-order valence-electron chi connectivity index (χ2n) is 8.13. The van der Waals surface area contributed by atoms with Gasteiger partial charge in [-0.05, 0) is 43.0 Å². The van der Waals surface area contributed by atoms with Gasteiger partial charge in [-0.3, -0.25) is 25.2 Å². The quantitative estimate of drug-likeness (QED) is 0.422. The number of aromatic nitrogens is 2. The zero-order valence-corrected chi connectivity index (χ0v) is 18.6. The van der Waals surface area contributed by atoms with Gasteiger partial charge in [0.15, 0.2) is 5.69 Å². The molecule has 0 aliphatic heterocycles. The van der Waals surface area contributed by atoms with Crippen molar-refractivity contribution in [3.05, 3.63) is 75.2 Å². The highest BCUT2D eigenvalue weighted by Gasteiger charge is 2.51. The van der Waals surface area contributed by atoms with Gasteiger partial charge in [0.2, 0.25) is 5.91 Å². The molecule has 4 rings (SSSR count). The van der Waals surface area contributed by atoms with E-state index in [9.17, 15) is 14.4 Å². The third-order valence-corrected chi connectivity index (χ3v) is 6.14. The minimum atomic E-state index is -0.688. The fourth-order valence-electron chi connectivity index (χ4n) is 3.92. The maximum absolute atomic E-state index is 13.0. The molecule has 0 unspecified atom stereocenters. The fourth-order valence-corrected chi connectivity index (χ4v) is 4.11. The lowest BCUT2D eigenvalue weighted by Crippen LogP contribution is -2.47. The van der Waals surface area contributed by atoms with Gasteiger partial charge in [0, 0.05) is 17.0 Å². The van der Waals surface area contributed by atoms with E-state index in [4.69, 9.17) is 11.6 Å². The molecular weight excluding hydrogens is 428 g/mol. The molecule has 3 aromatic rings. The molecule has 1 aliphatic carbocycles. The summed E-state index contributed by atoms with van der Waals surface area (Å²) in [5, 5.41) is 5.76. The highest BCUT2D eigenvalue weighted by atomic mass is 35.5. The van der Waals surface area contributed by atoms with E-state index in [1.165, 1.54) is 4.68 Å². The second kappa shape index (κ2) is 9.12. The molecule has 0 radical (unpaired) electrons. The number of halogens is 1. The Morgan fingerprint density at radius 1 is 1.06 bits per heavy atom. The van der Waals surface area contributed by atoms with Crippen molar-refractivity contribution in [2.75, 3.05) is 0 Å². The molecule has 8 heteroatoms. The summed E-state index contributed by atoms with van der Waals surface area (Å²) in [5.41, 5.74) is 5.04. The van der Waals surface area contributed by atoms with Crippen molar-refractivity contribution < 1.29 is 9.59 Å². The van der Waals surface area contributed by atoms with Gasteiger partial charge in [-0.1, -0.05) is 61.7 Å². The van der Waals surface area contributed by atoms with Crippen LogP contribution in [0.5, 0.6) is 0 Å². The topological polar surface area (TPSA) is 93.1 Å². The third kappa shape index (κ3) is 4.25. The highest BCUT2D eigenvalue weighted by Crippen LogP contribution is 2.48. The van der Waals surface area contributed by atoms with Crippen LogP contribution in [0.3, 0.4) is 0 Å². The summed E-state index contributed by atoms with van der Waals surface area (Å²) in [6.07, 6.45) is 4.12. The smallest absolute Gasteiger partial charge is 0.272 e. The van der Waals surface area contributed by atoms with Crippen LogP contribution in [0, 0.1) is 0 Å². The predicted molar refractivity (Wildman–Crippen MR) is 124 cm³/mol. The summed E-state index contributed by atoms with van der Waals surface area (Å²) in [5.74, 6) is -0.866. The number of hydrogen-bond acceptors (Lipinski definition) is 4. The Labute approximate surface area is 190 Å². The van der Waals surface area contributed by atoms with Crippen molar-refractivity contribution in [2.24, 2.45) is 0 Å². The van der Waals surface area contributed by atoms with Gasteiger partial charge in [0.1, 0.15) is 0 Å². The van der Waals surface area contributed by atoms with Crippen molar-refractivity contribution in [1.82, 2.24) is 20.6 Å². The number of aryl methyl sites for hydroxylation is 1. The Hall–Kier alpha value is -3.19. The molecule has 0 spiro atoms. The summed E-state index contributed by atoms with van der Waals surface area (Å²) < 4.78 is 1.34. The van der Waals surface area contributed by atoms with Crippen LogP contribution in [0.15, 0.2) is 53.3 Å². The van der Waals surface area contributed by atoms with Crippen LogP contribution < -0.4 is 16.4 Å². The van der Waals surface area contributed by atoms with Gasteiger partial charge in [-0.15, -0.1) is 0 Å². The molecule has 2 aromatic carbocycles. The van der Waals surface area contributed by atoms with Crippen molar-refractivity contribution in [3.63, 3.8) is 0 Å². The van der Waals surface area contributed by atoms with E-state index >= 15 is 0 Å². The summed E-state index contributed by atoms with van der Waals surface area (Å²) in [6, 6.07) is 14.1. The zero-order chi connectivity index (χ0) is 22.7. The standard InChI is InChI=1S/C24H25ClN4O3/c1-2-3-6-14-29-22(31)19-11-5-4-10-18(19)20(28-29)21(30)26-27-23(32)24(12-13-24)16-8-7-9-17(25)15-16/h4-5,7-11,15H,2-3,6,12-14H2,1H3,(H,26,30)(H,27,32). The molecular formula is C24H25ClN4O3. The number of nitrogens with one attached hydrogen (secondary N) is 2. The molecule has 1 saturated carbocycles. The van der Waals surface area contributed by atoms with Crippen LogP contribution in [0.2, 0.25) is 5.02 Å². The summed E-state index contributed by atoms with van der Waals surface area (Å²) in [6.45, 7) is 2.51. The van der Waals surface area contributed by atoms with Gasteiger partial charge in [-0.2, -0.15) is 5.10 Å². The van der Waals surface area contributed by atoms with Crippen LogP contribution >= 0.6 is 11.6 Å². The van der Waals surface area contributed by atoms with Gasteiger partial charge >= 0.3 is 0 Å². The lowest BCUT2D eigenvalue weighted by atomic mass is 9.95. The lowest BCUT2D eigenvalue weighted by Gasteiger charge is -2.17. The molecule has 0 bridgehead atoms. The Morgan fingerprint density at radius 3 is 2.50 bits per heavy atom. The van der Waals surface area contributed by atoms with Gasteiger partial charge in [0.25, 0.3) is 11.5 Å². The van der Waals surface area contributed by atoms with E-state index < -0.39 is 11.3 Å². The number of hydrogen-bond donors (Lipinski definition) is 2. The fraction of sp³-hybridized carbons (Fsp3) is 0.333. The largest absolute Gasteiger partial charge is 0.290 e. The average molecular weight is 453 g/mol. The molecule has 0 atom stereocenters. The Morgan fingerprint density at radius 2 is 1.81 bits per heavy atom. The third-order valence-electron chi connectivity index (χ3n) is 5.91. The summed E-state index contributed by atoms with van der Waals surface area (Å²) in [7, 11) is 0. The number of hydrazine groups is 1. The van der Waals surface area contributed by atoms with E-state index in [-0.39, 0.29) is 17.2 Å². The zero-order valence-electron chi connectivity index (χ0n) is 17.9. The normalized spacial score (nSPS) is 14.2. The van der Waals surface area contributed by atoms with Crippen LogP contribution in [0.1, 0.15) is 55.1 Å². The number of benzene rings is 2. The first-order valence-corrected chi connectivity index (χ1v) is 11.2. The van der Waals surface area contributed by atoms with Gasteiger partial charge in [-0.25, -0.2) is 4.68 Å². The monoisotopic (exact) mass is 452 g/mol. The molecule has 1 aromatic heterocycles. The van der Waals surface area contributed by atoms with E-state index in [1.54, 1.807) is 42.5 Å². The van der Waals surface area contributed by atoms with E-state index in [0.29, 0.717) is 35.2 Å². The first kappa shape index (κ1) is 22.0. The van der Waals surface area contributed by atoms with Crippen LogP contribution in [0.25, 0.3) is 10.8 Å². The summed E-state index contributed by atoms with van der Waals surface area (Å²) in [4.78, 5) is 38.6. The first-order valence-electron chi connectivity index (χ1n) is 10.8. The Bertz CT molecular complexity index is 1230. The molecule has 7 nitrogen and oxygen atoms in total. The molecule has 0 saturated heterocycles. The highest BCUT2D eigenvalue weighted by molar-refractivity contribution is 6.30. The lowest BCUT2D eigenvalue weighted by molar-refractivity contribution is -0.124. The van der Waals surface area contributed by atoms with E-state index in [2.05, 4.69) is 22.9 Å². The number of carbonyl (C=O) groups excluding carboxylic acids is 2. The number of fused-ring (bicyclic) bond motifs is 1. The Kier molecular flexibility index (Phi) is 6.28. The van der Waals surface area contributed by atoms with Gasteiger partial charge < -0.3 is 0 Å². The molecule has 1 fully saturated rings. The predicted octanol–water partition coefficient (Wildman–Crippen LogP) is 3.73. The number of rotatable bonds is 7. The Balaban J connectivity index is 1.55. The number of carbonyl (C=O) groups is 2. The molecule has 2 amide bonds. The second-order valence-corrected chi connectivity index (χ2v) is 8.57. The number of amides is 2. The van der Waals surface area contributed by atoms with Crippen molar-refractivity contribution in [3.8, 4) is 0 Å². The maximum atomic E-state index is 13.0.